The number of rotatable bonds is 11. The van der Waals surface area contributed by atoms with Crippen LogP contribution >= 0.6 is 0 Å². The number of nitrogens with one attached hydrogen (secondary N) is 2. The first-order chi connectivity index (χ1) is 13.6. The molecule has 0 aliphatic carbocycles. The van der Waals surface area contributed by atoms with Gasteiger partial charge in [0.2, 0.25) is 29.5 Å². The van der Waals surface area contributed by atoms with Crippen molar-refractivity contribution in [3.05, 3.63) is 0 Å². The highest BCUT2D eigenvalue weighted by atomic mass is 16.2. The van der Waals surface area contributed by atoms with E-state index >= 15 is 0 Å². The lowest BCUT2D eigenvalue weighted by atomic mass is 10.0. The van der Waals surface area contributed by atoms with Crippen LogP contribution in [0.4, 0.5) is 0 Å². The molecule has 2 N–H and O–H groups in total. The number of hydrogen-bond donors (Lipinski definition) is 2. The van der Waals surface area contributed by atoms with Crippen LogP contribution in [0.3, 0.4) is 0 Å². The molecule has 1 saturated heterocycles. The molecule has 0 spiro atoms. The third-order valence-corrected chi connectivity index (χ3v) is 5.15. The van der Waals surface area contributed by atoms with Crippen molar-refractivity contribution in [2.45, 2.75) is 58.9 Å². The summed E-state index contributed by atoms with van der Waals surface area (Å²) in [5, 5.41) is 4.98. The van der Waals surface area contributed by atoms with Crippen molar-refractivity contribution in [1.82, 2.24) is 20.4 Å². The Morgan fingerprint density at radius 2 is 1.83 bits per heavy atom. The second kappa shape index (κ2) is 11.5. The molecule has 0 aromatic carbocycles. The minimum atomic E-state index is -0.659. The number of nitrogens with zero attached hydrogens (tertiary/aromatic N) is 2. The quantitative estimate of drug-likeness (QED) is 0.375. The summed E-state index contributed by atoms with van der Waals surface area (Å²) in [4.78, 5) is 62.6. The first-order valence-corrected chi connectivity index (χ1v) is 10.2. The van der Waals surface area contributed by atoms with E-state index in [1.165, 1.54) is 16.8 Å². The predicted octanol–water partition coefficient (Wildman–Crippen LogP) is 0.287. The Morgan fingerprint density at radius 3 is 2.34 bits per heavy atom. The number of carbonyl (C=O) groups excluding carboxylic acids is 5. The van der Waals surface area contributed by atoms with Crippen molar-refractivity contribution in [1.29, 1.82) is 0 Å². The Hall–Kier alpha value is -2.45. The summed E-state index contributed by atoms with van der Waals surface area (Å²) in [6, 6.07) is -0.659. The molecular weight excluding hydrogens is 376 g/mol. The number of likely N-dealkylation sites (N-methyl/N-ethyl adjacent to an activating group) is 2. The van der Waals surface area contributed by atoms with Gasteiger partial charge in [-0.25, -0.2) is 0 Å². The first kappa shape index (κ1) is 24.6. The fourth-order valence-corrected chi connectivity index (χ4v) is 3.42. The molecule has 1 aliphatic heterocycles. The molecule has 2 atom stereocenters. The van der Waals surface area contributed by atoms with Gasteiger partial charge in [0.05, 0.1) is 6.54 Å². The van der Waals surface area contributed by atoms with Crippen LogP contribution < -0.4 is 10.6 Å². The van der Waals surface area contributed by atoms with Crippen molar-refractivity contribution in [3.8, 4) is 0 Å². The van der Waals surface area contributed by atoms with Gasteiger partial charge in [-0.15, -0.1) is 0 Å². The number of likely N-dealkylation sites (tertiary alicyclic amines) is 1. The smallest absolute Gasteiger partial charge is 0.243 e. The van der Waals surface area contributed by atoms with Crippen molar-refractivity contribution in [3.63, 3.8) is 0 Å². The van der Waals surface area contributed by atoms with Gasteiger partial charge in [0, 0.05) is 39.4 Å². The Morgan fingerprint density at radius 1 is 1.17 bits per heavy atom. The van der Waals surface area contributed by atoms with E-state index in [0.29, 0.717) is 25.8 Å². The molecule has 1 rings (SSSR count). The second-order valence-corrected chi connectivity index (χ2v) is 7.88. The fraction of sp³-hybridized carbons (Fsp3) is 0.750. The molecule has 5 amide bonds. The number of amides is 5. The zero-order chi connectivity index (χ0) is 22.1. The van der Waals surface area contributed by atoms with Gasteiger partial charge in [-0.05, 0) is 18.8 Å². The molecule has 29 heavy (non-hydrogen) atoms. The normalized spacial score (nSPS) is 17.4. The monoisotopic (exact) mass is 410 g/mol. The van der Waals surface area contributed by atoms with Gasteiger partial charge in [0.25, 0.3) is 0 Å². The van der Waals surface area contributed by atoms with Crippen LogP contribution in [0.1, 0.15) is 52.9 Å². The zero-order valence-corrected chi connectivity index (χ0v) is 18.1. The maximum Gasteiger partial charge on any atom is 0.243 e. The molecule has 0 aromatic rings. The van der Waals surface area contributed by atoms with Gasteiger partial charge < -0.3 is 15.5 Å². The molecule has 1 aliphatic rings. The van der Waals surface area contributed by atoms with E-state index in [2.05, 4.69) is 10.6 Å². The van der Waals surface area contributed by atoms with Gasteiger partial charge in [-0.3, -0.25) is 28.9 Å². The lowest BCUT2D eigenvalue weighted by molar-refractivity contribution is -0.141. The third kappa shape index (κ3) is 7.14. The summed E-state index contributed by atoms with van der Waals surface area (Å²) >= 11 is 0. The van der Waals surface area contributed by atoms with Crippen molar-refractivity contribution in [2.24, 2.45) is 11.8 Å². The van der Waals surface area contributed by atoms with Gasteiger partial charge in [-0.2, -0.15) is 0 Å². The van der Waals surface area contributed by atoms with E-state index in [9.17, 15) is 24.0 Å². The highest BCUT2D eigenvalue weighted by Gasteiger charge is 2.35. The van der Waals surface area contributed by atoms with E-state index < -0.39 is 6.04 Å². The maximum absolute atomic E-state index is 12.5. The standard InChI is InChI=1S/C20H34N4O5/c1-13(2)18(19(28)22-12-15(25)21-4)23(5)16(26)9-7-6-8-10-24-17(27)11-14(3)20(24)29/h13-14,18H,6-12H2,1-5H3,(H,21,25)(H,22,28). The van der Waals surface area contributed by atoms with Crippen molar-refractivity contribution in [2.75, 3.05) is 27.2 Å². The average Bonchev–Trinajstić information content (AvgIpc) is 2.90. The van der Waals surface area contributed by atoms with E-state index in [4.69, 9.17) is 0 Å². The fourth-order valence-electron chi connectivity index (χ4n) is 3.42. The summed E-state index contributed by atoms with van der Waals surface area (Å²) in [5.41, 5.74) is 0. The summed E-state index contributed by atoms with van der Waals surface area (Å²) in [5.74, 6) is -1.41. The Balaban J connectivity index is 2.42. The van der Waals surface area contributed by atoms with E-state index in [-0.39, 0.29) is 60.8 Å². The molecule has 9 heteroatoms. The second-order valence-electron chi connectivity index (χ2n) is 7.88. The zero-order valence-electron chi connectivity index (χ0n) is 18.1. The van der Waals surface area contributed by atoms with Crippen LogP contribution in [-0.2, 0) is 24.0 Å². The SMILES string of the molecule is CNC(=O)CNC(=O)C(C(C)C)N(C)C(=O)CCCCCN1C(=O)CC(C)C1=O. The largest absolute Gasteiger partial charge is 0.358 e. The predicted molar refractivity (Wildman–Crippen MR) is 107 cm³/mol. The number of imide groups is 1. The summed E-state index contributed by atoms with van der Waals surface area (Å²) in [7, 11) is 3.08. The number of carbonyl (C=O) groups is 5. The Labute approximate surface area is 172 Å². The van der Waals surface area contributed by atoms with E-state index in [0.717, 1.165) is 0 Å². The molecule has 2 unspecified atom stereocenters. The minimum absolute atomic E-state index is 0.109. The third-order valence-electron chi connectivity index (χ3n) is 5.15. The summed E-state index contributed by atoms with van der Waals surface area (Å²) in [6.45, 7) is 5.71. The molecule has 0 radical (unpaired) electrons. The minimum Gasteiger partial charge on any atom is -0.358 e. The molecule has 164 valence electrons. The Bertz CT molecular complexity index is 634. The molecule has 0 aromatic heterocycles. The lowest BCUT2D eigenvalue weighted by Crippen LogP contribution is -2.52. The molecular formula is C20H34N4O5. The van der Waals surface area contributed by atoms with Crippen LogP contribution in [0.15, 0.2) is 0 Å². The average molecular weight is 411 g/mol. The van der Waals surface area contributed by atoms with Crippen LogP contribution in [0.5, 0.6) is 0 Å². The van der Waals surface area contributed by atoms with Gasteiger partial charge in [0.1, 0.15) is 6.04 Å². The highest BCUT2D eigenvalue weighted by molar-refractivity contribution is 6.03. The van der Waals surface area contributed by atoms with Crippen LogP contribution in [0.2, 0.25) is 0 Å². The van der Waals surface area contributed by atoms with Gasteiger partial charge in [-0.1, -0.05) is 27.2 Å². The number of unbranched alkanes of at least 4 members (excludes halogenated alkanes) is 2. The summed E-state index contributed by atoms with van der Waals surface area (Å²) in [6.07, 6.45) is 2.53. The summed E-state index contributed by atoms with van der Waals surface area (Å²) < 4.78 is 0. The van der Waals surface area contributed by atoms with Crippen LogP contribution in [0, 0.1) is 11.8 Å². The first-order valence-electron chi connectivity index (χ1n) is 10.2. The van der Waals surface area contributed by atoms with Crippen LogP contribution in [0.25, 0.3) is 0 Å². The lowest BCUT2D eigenvalue weighted by Gasteiger charge is -2.30. The van der Waals surface area contributed by atoms with Crippen LogP contribution in [-0.4, -0.2) is 72.6 Å². The molecule has 9 nitrogen and oxygen atoms in total. The van der Waals surface area contributed by atoms with Gasteiger partial charge >= 0.3 is 0 Å². The topological polar surface area (TPSA) is 116 Å². The number of hydrogen-bond acceptors (Lipinski definition) is 5. The molecule has 0 bridgehead atoms. The highest BCUT2D eigenvalue weighted by Crippen LogP contribution is 2.19. The van der Waals surface area contributed by atoms with E-state index in [1.807, 2.05) is 13.8 Å². The maximum atomic E-state index is 12.5. The Kier molecular flexibility index (Phi) is 9.77. The molecule has 0 saturated carbocycles. The van der Waals surface area contributed by atoms with Crippen molar-refractivity contribution >= 4 is 29.5 Å². The van der Waals surface area contributed by atoms with Crippen molar-refractivity contribution < 1.29 is 24.0 Å². The van der Waals surface area contributed by atoms with Gasteiger partial charge in [0.15, 0.2) is 0 Å². The molecule has 1 fully saturated rings. The molecule has 1 heterocycles. The van der Waals surface area contributed by atoms with E-state index in [1.54, 1.807) is 14.0 Å².